The Morgan fingerprint density at radius 3 is 2.43 bits per heavy atom. The molecule has 5 heterocycles. The Bertz CT molecular complexity index is 2490. The van der Waals surface area contributed by atoms with Crippen molar-refractivity contribution in [3.63, 3.8) is 0 Å². The third-order valence-electron chi connectivity index (χ3n) is 11.5. The van der Waals surface area contributed by atoms with Crippen LogP contribution in [-0.4, -0.2) is 136 Å². The van der Waals surface area contributed by atoms with E-state index in [1.165, 1.54) is 23.3 Å². The van der Waals surface area contributed by atoms with E-state index in [9.17, 15) is 28.8 Å². The number of benzene rings is 2. The van der Waals surface area contributed by atoms with Crippen molar-refractivity contribution in [2.45, 2.75) is 57.8 Å². The number of aromatic nitrogens is 2. The van der Waals surface area contributed by atoms with Gasteiger partial charge in [0.2, 0.25) is 29.6 Å². The second-order valence-electron chi connectivity index (χ2n) is 16.0. The Kier molecular flexibility index (Phi) is 17.3. The van der Waals surface area contributed by atoms with E-state index in [1.54, 1.807) is 54.5 Å². The van der Waals surface area contributed by atoms with Gasteiger partial charge in [0.15, 0.2) is 5.82 Å². The van der Waals surface area contributed by atoms with E-state index in [-0.39, 0.29) is 68.5 Å². The van der Waals surface area contributed by atoms with Crippen LogP contribution in [0.5, 0.6) is 5.75 Å². The fraction of sp³-hybridized carbons (Fsp3) is 0.435. The number of halogens is 1. The molecule has 6 amide bonds. The number of fused-ring (bicyclic) bond motifs is 2. The summed E-state index contributed by atoms with van der Waals surface area (Å²) >= 11 is 7.67. The van der Waals surface area contributed by atoms with Gasteiger partial charge in [-0.25, -0.2) is 4.98 Å². The molecule has 22 heteroatoms. The van der Waals surface area contributed by atoms with Crippen molar-refractivity contribution in [2.24, 2.45) is 0 Å². The minimum atomic E-state index is -0.729. The molecule has 3 aliphatic rings. The van der Waals surface area contributed by atoms with Gasteiger partial charge in [-0.1, -0.05) is 24.6 Å². The summed E-state index contributed by atoms with van der Waals surface area (Å²) in [7, 11) is 3.23. The Hall–Kier alpha value is -6.23. The maximum absolute atomic E-state index is 13.3. The molecule has 0 radical (unpaired) electrons. The molecule has 3 aliphatic heterocycles. The van der Waals surface area contributed by atoms with Crippen molar-refractivity contribution >= 4 is 87.2 Å². The number of hydrogen-bond acceptors (Lipinski definition) is 16. The highest BCUT2D eigenvalue weighted by Gasteiger charge is 2.40. The van der Waals surface area contributed by atoms with Crippen LogP contribution in [0.2, 0.25) is 4.34 Å². The zero-order valence-electron chi connectivity index (χ0n) is 38.1. The molecule has 0 bridgehead atoms. The first-order valence-electron chi connectivity index (χ1n) is 22.3. The van der Waals surface area contributed by atoms with Gasteiger partial charge >= 0.3 is 0 Å². The van der Waals surface area contributed by atoms with Crippen LogP contribution in [0.25, 0.3) is 0 Å². The van der Waals surface area contributed by atoms with Crippen LogP contribution in [0.3, 0.4) is 0 Å². The summed E-state index contributed by atoms with van der Waals surface area (Å²) in [6, 6.07) is 12.7. The van der Waals surface area contributed by atoms with Gasteiger partial charge in [0.1, 0.15) is 23.5 Å². The molecule has 1 fully saturated rings. The van der Waals surface area contributed by atoms with Crippen molar-refractivity contribution in [3.8, 4) is 5.75 Å². The van der Waals surface area contributed by atoms with Crippen LogP contribution in [0.1, 0.15) is 63.8 Å². The topological polar surface area (TPSA) is 235 Å². The lowest BCUT2D eigenvalue weighted by molar-refractivity contribution is -0.137. The number of nitrogens with one attached hydrogen (secondary N) is 5. The molecule has 0 saturated carbocycles. The molecule has 2 aromatic heterocycles. The molecule has 1 unspecified atom stereocenters. The predicted octanol–water partition coefficient (Wildman–Crippen LogP) is 3.86. The molecule has 4 aromatic rings. The Morgan fingerprint density at radius 2 is 1.71 bits per heavy atom. The van der Waals surface area contributed by atoms with Gasteiger partial charge in [0.05, 0.1) is 69.5 Å². The van der Waals surface area contributed by atoms with Crippen LogP contribution in [0, 0.1) is 0 Å². The SMILES string of the molecule is CC[C@@H]1C(=O)N(C)c2cnc(Nc3ccc(C(=O)NCCOCCOCCOCCNCCC(=O)Nc4cccc5c4CN(C4CCC(=O)NC4=O)C5=O)cc3OC)nc2N1Cc1ccc(Cl)s1. The normalized spacial score (nSPS) is 16.7. The van der Waals surface area contributed by atoms with E-state index in [1.807, 2.05) is 24.0 Å². The standard InChI is InChI=1S/C46H55ClN10O10S/c1-4-34-45(63)55(2)36-25-50-46(54-41(36)56(34)26-29-9-12-38(47)68-29)52-33-10-8-28(24-37(33)64-3)42(60)49-17-19-66-21-23-67-22-20-65-18-16-48-15-14-40(59)51-32-7-5-6-30-31(32)27-57(44(30)62)35-11-13-39(58)53-43(35)61/h5-10,12,24-25,34-35,48H,4,11,13-23,26-27H2,1-3H3,(H,49,60)(H,51,59)(H,50,52,54)(H,53,58,61)/t34-,35?/m1/s1. The Balaban J connectivity index is 0.735. The predicted molar refractivity (Wildman–Crippen MR) is 255 cm³/mol. The summed E-state index contributed by atoms with van der Waals surface area (Å²) in [5, 5.41) is 14.4. The molecule has 7 rings (SSSR count). The number of piperidine rings is 1. The molecule has 5 N–H and O–H groups in total. The molecular formula is C46H55ClN10O10S. The minimum Gasteiger partial charge on any atom is -0.495 e. The number of thiophene rings is 1. The van der Waals surface area contributed by atoms with E-state index < -0.39 is 18.0 Å². The van der Waals surface area contributed by atoms with Gasteiger partial charge in [-0.2, -0.15) is 4.98 Å². The summed E-state index contributed by atoms with van der Waals surface area (Å²) in [6.07, 6.45) is 2.83. The maximum Gasteiger partial charge on any atom is 0.255 e. The number of ether oxygens (including phenoxy) is 4. The molecular weight excluding hydrogens is 920 g/mol. The van der Waals surface area contributed by atoms with Gasteiger partial charge in [0.25, 0.3) is 11.8 Å². The second kappa shape index (κ2) is 23.7. The van der Waals surface area contributed by atoms with Crippen LogP contribution < -0.4 is 41.1 Å². The number of rotatable bonds is 24. The Morgan fingerprint density at radius 1 is 0.941 bits per heavy atom. The summed E-state index contributed by atoms with van der Waals surface area (Å²) in [6.45, 7) is 5.99. The number of nitrogens with zero attached hydrogens (tertiary/aromatic N) is 5. The van der Waals surface area contributed by atoms with E-state index >= 15 is 0 Å². The number of likely N-dealkylation sites (N-methyl/N-ethyl adjacent to an activating group) is 1. The zero-order valence-corrected chi connectivity index (χ0v) is 39.6. The highest BCUT2D eigenvalue weighted by molar-refractivity contribution is 7.16. The molecule has 2 aromatic carbocycles. The third-order valence-corrected chi connectivity index (χ3v) is 12.7. The van der Waals surface area contributed by atoms with Gasteiger partial charge in [0, 0.05) is 73.3 Å². The lowest BCUT2D eigenvalue weighted by Crippen LogP contribution is -2.52. The van der Waals surface area contributed by atoms with E-state index in [2.05, 4.69) is 31.6 Å². The van der Waals surface area contributed by atoms with Crippen molar-refractivity contribution in [1.82, 2.24) is 30.8 Å². The fourth-order valence-corrected chi connectivity index (χ4v) is 9.09. The maximum atomic E-state index is 13.3. The minimum absolute atomic E-state index is 0.0382. The zero-order chi connectivity index (χ0) is 48.2. The average molecular weight is 976 g/mol. The first-order valence-corrected chi connectivity index (χ1v) is 23.5. The molecule has 362 valence electrons. The van der Waals surface area contributed by atoms with Gasteiger partial charge < -0.3 is 54.9 Å². The third kappa shape index (κ3) is 12.3. The monoisotopic (exact) mass is 974 g/mol. The molecule has 1 saturated heterocycles. The van der Waals surface area contributed by atoms with Crippen LogP contribution in [0.4, 0.5) is 28.8 Å². The summed E-state index contributed by atoms with van der Waals surface area (Å²) in [4.78, 5) is 91.3. The first-order chi connectivity index (χ1) is 32.9. The first kappa shape index (κ1) is 49.7. The second-order valence-corrected chi connectivity index (χ2v) is 17.8. The van der Waals surface area contributed by atoms with E-state index in [0.717, 1.165) is 4.88 Å². The van der Waals surface area contributed by atoms with Crippen LogP contribution in [-0.2, 0) is 46.5 Å². The van der Waals surface area contributed by atoms with Crippen molar-refractivity contribution in [1.29, 1.82) is 0 Å². The number of hydrogen-bond donors (Lipinski definition) is 5. The van der Waals surface area contributed by atoms with E-state index in [4.69, 9.17) is 35.5 Å². The summed E-state index contributed by atoms with van der Waals surface area (Å²) < 4.78 is 23.1. The summed E-state index contributed by atoms with van der Waals surface area (Å²) in [5.41, 5.74) is 3.14. The number of methoxy groups -OCH3 is 1. The van der Waals surface area contributed by atoms with Crippen molar-refractivity contribution < 1.29 is 47.7 Å². The molecule has 0 spiro atoms. The number of amides is 6. The van der Waals surface area contributed by atoms with Crippen molar-refractivity contribution in [2.75, 3.05) is 93.9 Å². The quantitative estimate of drug-likeness (QED) is 0.0496. The number of anilines is 5. The Labute approximate surface area is 402 Å². The smallest absolute Gasteiger partial charge is 0.255 e. The lowest BCUT2D eigenvalue weighted by Gasteiger charge is -2.40. The van der Waals surface area contributed by atoms with Gasteiger partial charge in [-0.3, -0.25) is 34.1 Å². The highest BCUT2D eigenvalue weighted by Crippen LogP contribution is 2.38. The van der Waals surface area contributed by atoms with Crippen molar-refractivity contribution in [3.05, 3.63) is 80.6 Å². The molecule has 2 atom stereocenters. The molecule has 20 nitrogen and oxygen atoms in total. The number of carbonyl (C=O) groups excluding carboxylic acids is 6. The van der Waals surface area contributed by atoms with Crippen LogP contribution >= 0.6 is 22.9 Å². The highest BCUT2D eigenvalue weighted by atomic mass is 35.5. The van der Waals surface area contributed by atoms with Gasteiger partial charge in [-0.15, -0.1) is 11.3 Å². The van der Waals surface area contributed by atoms with Gasteiger partial charge in [-0.05, 0) is 55.3 Å². The molecule has 0 aliphatic carbocycles. The fourth-order valence-electron chi connectivity index (χ4n) is 8.01. The molecule has 68 heavy (non-hydrogen) atoms. The average Bonchev–Trinajstić information content (AvgIpc) is 3.90. The largest absolute Gasteiger partial charge is 0.495 e. The van der Waals surface area contributed by atoms with Crippen LogP contribution in [0.15, 0.2) is 54.7 Å². The number of carbonyl (C=O) groups is 6. The van der Waals surface area contributed by atoms with E-state index in [0.29, 0.717) is 115 Å². The summed E-state index contributed by atoms with van der Waals surface area (Å²) in [5.74, 6) is -0.378. The lowest BCUT2D eigenvalue weighted by atomic mass is 10.0. The number of imide groups is 1.